The van der Waals surface area contributed by atoms with Gasteiger partial charge in [0, 0.05) is 0 Å². The van der Waals surface area contributed by atoms with Crippen LogP contribution in [0.2, 0.25) is 0 Å². The average Bonchev–Trinajstić information content (AvgIpc) is 2.10. The molecule has 0 fully saturated rings. The first kappa shape index (κ1) is 18.5. The van der Waals surface area contributed by atoms with Crippen molar-refractivity contribution in [2.75, 3.05) is 0 Å². The lowest BCUT2D eigenvalue weighted by Gasteiger charge is -2.23. The number of aliphatic hydroxyl groups is 1. The maximum absolute atomic E-state index is 11.6. The van der Waals surface area contributed by atoms with Gasteiger partial charge in [0.15, 0.2) is 5.60 Å². The molecule has 1 N–H and O–H groups in total. The van der Waals surface area contributed by atoms with Gasteiger partial charge in [0.25, 0.3) is 0 Å². The minimum Gasteiger partial charge on any atom is -0.381 e. The second-order valence-corrected chi connectivity index (χ2v) is 2.13. The molecule has 0 saturated carbocycles. The molecule has 0 radical (unpaired) electrons. The molecule has 1 nitrogen and oxygen atoms in total. The van der Waals surface area contributed by atoms with E-state index in [0.717, 1.165) is 6.92 Å². The Bertz CT molecular complexity index is 97.5. The normalized spacial score (nSPS) is 14.3. The first-order chi connectivity index (χ1) is 5.81. The van der Waals surface area contributed by atoms with Gasteiger partial charge < -0.3 is 5.11 Å². The summed E-state index contributed by atoms with van der Waals surface area (Å²) >= 11 is 0. The topological polar surface area (TPSA) is 20.2 Å². The quantitative estimate of drug-likeness (QED) is 0.686. The zero-order valence-electron chi connectivity index (χ0n) is 9.29. The zero-order chi connectivity index (χ0) is 11.7. The second kappa shape index (κ2) is 8.35. The van der Waals surface area contributed by atoms with Gasteiger partial charge in [0.2, 0.25) is 0 Å². The van der Waals surface area contributed by atoms with Crippen LogP contribution in [0.25, 0.3) is 0 Å². The van der Waals surface area contributed by atoms with Crippen LogP contribution in [0, 0.1) is 0 Å². The summed E-state index contributed by atoms with van der Waals surface area (Å²) in [4.78, 5) is 0. The summed E-state index contributed by atoms with van der Waals surface area (Å²) in [5, 5.41) is 8.53. The first-order valence-corrected chi connectivity index (χ1v) is 4.60. The van der Waals surface area contributed by atoms with Crippen LogP contribution in [0.5, 0.6) is 0 Å². The van der Waals surface area contributed by atoms with Crippen LogP contribution in [0.15, 0.2) is 0 Å². The van der Waals surface area contributed by atoms with E-state index in [9.17, 15) is 13.2 Å². The van der Waals surface area contributed by atoms with Crippen molar-refractivity contribution in [3.63, 3.8) is 0 Å². The summed E-state index contributed by atoms with van der Waals surface area (Å²) < 4.78 is 34.8. The van der Waals surface area contributed by atoms with E-state index in [1.165, 1.54) is 6.92 Å². The van der Waals surface area contributed by atoms with E-state index in [-0.39, 0.29) is 6.42 Å². The minimum absolute atomic E-state index is 0.309. The van der Waals surface area contributed by atoms with E-state index < -0.39 is 11.8 Å². The smallest absolute Gasteiger partial charge is 0.381 e. The Morgan fingerprint density at radius 1 is 1.00 bits per heavy atom. The summed E-state index contributed by atoms with van der Waals surface area (Å²) in [7, 11) is 0. The van der Waals surface area contributed by atoms with E-state index in [1.807, 2.05) is 27.7 Å². The standard InChI is InChI=1S/C5H9F3O.2C2H6/c1-3-4(2,9)5(6,7)8;2*1-2/h9H,3H2,1-2H3;2*1-2H3. The van der Waals surface area contributed by atoms with Gasteiger partial charge in [0.05, 0.1) is 0 Å². The maximum atomic E-state index is 11.6. The Hall–Kier alpha value is -0.250. The van der Waals surface area contributed by atoms with Gasteiger partial charge in [-0.2, -0.15) is 13.2 Å². The highest BCUT2D eigenvalue weighted by atomic mass is 19.4. The van der Waals surface area contributed by atoms with Gasteiger partial charge in [-0.1, -0.05) is 34.6 Å². The number of hydrogen-bond acceptors (Lipinski definition) is 1. The number of rotatable bonds is 1. The molecule has 0 aliphatic carbocycles. The molecule has 0 aromatic rings. The van der Waals surface area contributed by atoms with Crippen molar-refractivity contribution >= 4 is 0 Å². The Kier molecular flexibility index (Phi) is 11.9. The van der Waals surface area contributed by atoms with Crippen LogP contribution < -0.4 is 0 Å². The zero-order valence-corrected chi connectivity index (χ0v) is 9.29. The molecule has 1 unspecified atom stereocenters. The third kappa shape index (κ3) is 8.09. The fourth-order valence-corrected chi connectivity index (χ4v) is 0.200. The lowest BCUT2D eigenvalue weighted by Crippen LogP contribution is -2.41. The predicted octanol–water partition coefficient (Wildman–Crippen LogP) is 3.76. The third-order valence-corrected chi connectivity index (χ3v) is 1.30. The Labute approximate surface area is 79.0 Å². The van der Waals surface area contributed by atoms with Crippen molar-refractivity contribution in [2.24, 2.45) is 0 Å². The SMILES string of the molecule is CC.CC.CCC(C)(O)C(F)(F)F. The van der Waals surface area contributed by atoms with Crippen LogP contribution in [-0.2, 0) is 0 Å². The van der Waals surface area contributed by atoms with E-state index in [2.05, 4.69) is 0 Å². The molecule has 0 saturated heterocycles. The molecule has 13 heavy (non-hydrogen) atoms. The van der Waals surface area contributed by atoms with Crippen LogP contribution in [0.1, 0.15) is 48.0 Å². The lowest BCUT2D eigenvalue weighted by molar-refractivity contribution is -0.253. The lowest BCUT2D eigenvalue weighted by atomic mass is 10.0. The summed E-state index contributed by atoms with van der Waals surface area (Å²) in [6, 6.07) is 0. The molecule has 1 atom stereocenters. The number of halogens is 3. The minimum atomic E-state index is -4.50. The van der Waals surface area contributed by atoms with Crippen LogP contribution in [0.4, 0.5) is 13.2 Å². The van der Waals surface area contributed by atoms with Crippen LogP contribution in [0.3, 0.4) is 0 Å². The molecule has 0 spiro atoms. The van der Waals surface area contributed by atoms with E-state index in [0.29, 0.717) is 0 Å². The summed E-state index contributed by atoms with van der Waals surface area (Å²) in [5.74, 6) is 0. The molecule has 0 bridgehead atoms. The predicted molar refractivity (Wildman–Crippen MR) is 49.7 cm³/mol. The van der Waals surface area contributed by atoms with Crippen molar-refractivity contribution in [2.45, 2.75) is 59.7 Å². The molecule has 0 aliphatic rings. The van der Waals surface area contributed by atoms with Crippen LogP contribution in [-0.4, -0.2) is 16.9 Å². The van der Waals surface area contributed by atoms with Gasteiger partial charge in [-0.25, -0.2) is 0 Å². The van der Waals surface area contributed by atoms with Gasteiger partial charge in [-0.15, -0.1) is 0 Å². The Balaban J connectivity index is -0.000000218. The van der Waals surface area contributed by atoms with E-state index >= 15 is 0 Å². The molecule has 0 heterocycles. The van der Waals surface area contributed by atoms with Crippen LogP contribution >= 0.6 is 0 Å². The van der Waals surface area contributed by atoms with Gasteiger partial charge >= 0.3 is 6.18 Å². The molecule has 0 rings (SSSR count). The highest BCUT2D eigenvalue weighted by molar-refractivity contribution is 4.78. The van der Waals surface area contributed by atoms with Gasteiger partial charge in [-0.3, -0.25) is 0 Å². The third-order valence-electron chi connectivity index (χ3n) is 1.30. The summed E-state index contributed by atoms with van der Waals surface area (Å²) in [6.45, 7) is 10.0. The monoisotopic (exact) mass is 202 g/mol. The van der Waals surface area contributed by atoms with Crippen molar-refractivity contribution in [1.82, 2.24) is 0 Å². The second-order valence-electron chi connectivity index (χ2n) is 2.13. The Morgan fingerprint density at radius 2 is 1.23 bits per heavy atom. The van der Waals surface area contributed by atoms with E-state index in [4.69, 9.17) is 5.11 Å². The molecular formula is C9H21F3O. The summed E-state index contributed by atoms with van der Waals surface area (Å²) in [6.07, 6.45) is -4.81. The maximum Gasteiger partial charge on any atom is 0.416 e. The molecule has 84 valence electrons. The molecular weight excluding hydrogens is 181 g/mol. The highest BCUT2D eigenvalue weighted by Gasteiger charge is 2.48. The molecule has 0 aromatic carbocycles. The van der Waals surface area contributed by atoms with Gasteiger partial charge in [0.1, 0.15) is 0 Å². The van der Waals surface area contributed by atoms with Crippen molar-refractivity contribution in [3.05, 3.63) is 0 Å². The molecule has 0 aromatic heterocycles. The van der Waals surface area contributed by atoms with E-state index in [1.54, 1.807) is 0 Å². The van der Waals surface area contributed by atoms with Crippen molar-refractivity contribution < 1.29 is 18.3 Å². The number of hydrogen-bond donors (Lipinski definition) is 1. The number of alkyl halides is 3. The fourth-order valence-electron chi connectivity index (χ4n) is 0.200. The molecule has 4 heteroatoms. The average molecular weight is 202 g/mol. The molecule has 0 amide bonds. The van der Waals surface area contributed by atoms with Crippen molar-refractivity contribution in [1.29, 1.82) is 0 Å². The largest absolute Gasteiger partial charge is 0.416 e. The molecule has 0 aliphatic heterocycles. The first-order valence-electron chi connectivity index (χ1n) is 4.60. The van der Waals surface area contributed by atoms with Crippen molar-refractivity contribution in [3.8, 4) is 0 Å². The highest BCUT2D eigenvalue weighted by Crippen LogP contribution is 2.31. The van der Waals surface area contributed by atoms with Gasteiger partial charge in [-0.05, 0) is 13.3 Å². The fraction of sp³-hybridized carbons (Fsp3) is 1.00. The summed E-state index contributed by atoms with van der Waals surface area (Å²) in [5.41, 5.74) is -2.52. The Morgan fingerprint density at radius 3 is 1.23 bits per heavy atom.